The molecular weight excluding hydrogens is 770 g/mol. The monoisotopic (exact) mass is 790 g/mol. The van der Waals surface area contributed by atoms with Crippen LogP contribution in [-0.2, 0) is 6.61 Å². The minimum Gasteiger partial charge on any atom is -0.487 e. The Morgan fingerprint density at radius 2 is 1.68 bits per heavy atom. The smallest absolute Gasteiger partial charge is 0.271 e. The van der Waals surface area contributed by atoms with Crippen LogP contribution < -0.4 is 15.5 Å². The molecule has 6 nitrogen and oxygen atoms in total. The number of hydrazone groups is 1. The van der Waals surface area contributed by atoms with E-state index in [9.17, 15) is 4.79 Å². The zero-order valence-corrected chi connectivity index (χ0v) is 26.7. The summed E-state index contributed by atoms with van der Waals surface area (Å²) in [4.78, 5) is 17.3. The molecule has 0 atom stereocenters. The van der Waals surface area contributed by atoms with Crippen LogP contribution in [0.15, 0.2) is 101 Å². The topological polar surface area (TPSA) is 75.6 Å². The van der Waals surface area contributed by atoms with E-state index in [1.54, 1.807) is 18.3 Å². The lowest BCUT2D eigenvalue weighted by Crippen LogP contribution is -2.17. The first-order valence-electron chi connectivity index (χ1n) is 12.0. The van der Waals surface area contributed by atoms with Gasteiger partial charge in [-0.25, -0.2) is 10.4 Å². The average Bonchev–Trinajstić information content (AvgIpc) is 3.43. The number of ether oxygens (including phenoxy) is 1. The molecule has 0 fully saturated rings. The molecule has 200 valence electrons. The number of nitrogens with zero attached hydrogens (tertiary/aromatic N) is 2. The van der Waals surface area contributed by atoms with Gasteiger partial charge in [-0.3, -0.25) is 4.79 Å². The second kappa shape index (κ2) is 13.6. The lowest BCUT2D eigenvalue weighted by atomic mass is 10.1. The first-order chi connectivity index (χ1) is 19.4. The number of rotatable bonds is 9. The third-order valence-electron chi connectivity index (χ3n) is 5.67. The van der Waals surface area contributed by atoms with Crippen molar-refractivity contribution in [3.63, 3.8) is 0 Å². The number of thiazole rings is 1. The summed E-state index contributed by atoms with van der Waals surface area (Å²) in [6.07, 6.45) is 1.63. The zero-order chi connectivity index (χ0) is 27.9. The molecule has 0 bridgehead atoms. The summed E-state index contributed by atoms with van der Waals surface area (Å²) >= 11 is 12.0. The average molecular weight is 791 g/mol. The number of halogens is 3. The van der Waals surface area contributed by atoms with E-state index in [0.717, 1.165) is 46.1 Å². The Morgan fingerprint density at radius 3 is 2.38 bits per heavy atom. The van der Waals surface area contributed by atoms with E-state index in [4.69, 9.17) is 16.3 Å². The van der Waals surface area contributed by atoms with Crippen LogP contribution in [0.25, 0.3) is 11.3 Å². The van der Waals surface area contributed by atoms with Gasteiger partial charge in [0.25, 0.3) is 5.91 Å². The van der Waals surface area contributed by atoms with E-state index < -0.39 is 0 Å². The van der Waals surface area contributed by atoms with E-state index in [1.807, 2.05) is 84.2 Å². The van der Waals surface area contributed by atoms with E-state index in [2.05, 4.69) is 66.0 Å². The van der Waals surface area contributed by atoms with Gasteiger partial charge in [0, 0.05) is 27.2 Å². The van der Waals surface area contributed by atoms with Gasteiger partial charge in [-0.15, -0.1) is 11.3 Å². The molecule has 0 unspecified atom stereocenters. The Balaban J connectivity index is 1.17. The maximum absolute atomic E-state index is 12.6. The predicted octanol–water partition coefficient (Wildman–Crippen LogP) is 8.76. The van der Waals surface area contributed by atoms with Crippen LogP contribution in [0.4, 0.5) is 10.8 Å². The Hall–Kier alpha value is -3.00. The van der Waals surface area contributed by atoms with Gasteiger partial charge in [0.05, 0.1) is 19.0 Å². The first kappa shape index (κ1) is 28.5. The molecule has 1 aromatic heterocycles. The summed E-state index contributed by atoms with van der Waals surface area (Å²) < 4.78 is 7.98. The quantitative estimate of drug-likeness (QED) is 0.0890. The highest BCUT2D eigenvalue weighted by Gasteiger charge is 2.10. The maximum atomic E-state index is 12.6. The van der Waals surface area contributed by atoms with Crippen molar-refractivity contribution in [2.24, 2.45) is 5.10 Å². The number of hydrogen-bond donors (Lipinski definition) is 2. The molecule has 1 amide bonds. The SMILES string of the molecule is O=C(N/N=C\c1cc(I)c(OCc2ccccc2)c(I)c1)c1ccc(-c2csc(Nc3ccc(Cl)cc3)n2)cc1. The van der Waals surface area contributed by atoms with E-state index in [1.165, 1.54) is 11.3 Å². The Labute approximate surface area is 268 Å². The molecule has 0 aliphatic rings. The molecule has 40 heavy (non-hydrogen) atoms. The van der Waals surface area contributed by atoms with E-state index in [-0.39, 0.29) is 5.91 Å². The Kier molecular flexibility index (Phi) is 9.68. The number of carbonyl (C=O) groups excluding carboxylic acids is 1. The van der Waals surface area contributed by atoms with Gasteiger partial charge in [0.2, 0.25) is 0 Å². The number of benzene rings is 4. The highest BCUT2D eigenvalue weighted by atomic mass is 127. The number of carbonyl (C=O) groups is 1. The van der Waals surface area contributed by atoms with Crippen molar-refractivity contribution in [1.82, 2.24) is 10.4 Å². The van der Waals surface area contributed by atoms with Crippen molar-refractivity contribution in [2.75, 3.05) is 5.32 Å². The fourth-order valence-corrected chi connectivity index (χ4v) is 6.66. The second-order valence-electron chi connectivity index (χ2n) is 8.53. The van der Waals surface area contributed by atoms with Gasteiger partial charge in [0.15, 0.2) is 5.13 Å². The third-order valence-corrected chi connectivity index (χ3v) is 8.28. The molecule has 5 rings (SSSR count). The van der Waals surface area contributed by atoms with Gasteiger partial charge < -0.3 is 10.1 Å². The number of anilines is 2. The standard InChI is InChI=1S/C30H21ClI2N4O2S/c31-23-10-12-24(13-11-23)35-30-36-27(18-40-30)21-6-8-22(9-7-21)29(38)37-34-16-20-14-25(32)28(26(33)15-20)39-17-19-4-2-1-3-5-19/h1-16,18H,17H2,(H,35,36)(H,37,38)/b34-16-. The van der Waals surface area contributed by atoms with E-state index in [0.29, 0.717) is 17.2 Å². The lowest BCUT2D eigenvalue weighted by Gasteiger charge is -2.11. The van der Waals surface area contributed by atoms with Crippen LogP contribution in [-0.4, -0.2) is 17.1 Å². The Morgan fingerprint density at radius 1 is 0.975 bits per heavy atom. The highest BCUT2D eigenvalue weighted by molar-refractivity contribution is 14.1. The molecule has 0 radical (unpaired) electrons. The number of nitrogens with one attached hydrogen (secondary N) is 2. The van der Waals surface area contributed by atoms with Gasteiger partial charge in [-0.2, -0.15) is 5.10 Å². The molecule has 0 saturated heterocycles. The van der Waals surface area contributed by atoms with Crippen molar-refractivity contribution in [1.29, 1.82) is 0 Å². The van der Waals surface area contributed by atoms with Crippen molar-refractivity contribution in [3.05, 3.63) is 125 Å². The second-order valence-corrected chi connectivity index (χ2v) is 12.2. The molecule has 1 heterocycles. The molecular formula is C30H21ClI2N4O2S. The first-order valence-corrected chi connectivity index (χ1v) is 15.4. The van der Waals surface area contributed by atoms with Crippen molar-refractivity contribution in [2.45, 2.75) is 6.61 Å². The summed E-state index contributed by atoms with van der Waals surface area (Å²) in [6.45, 7) is 0.499. The summed E-state index contributed by atoms with van der Waals surface area (Å²) in [5.41, 5.74) is 7.73. The lowest BCUT2D eigenvalue weighted by molar-refractivity contribution is 0.0955. The van der Waals surface area contributed by atoms with E-state index >= 15 is 0 Å². The fraction of sp³-hybridized carbons (Fsp3) is 0.0333. The summed E-state index contributed by atoms with van der Waals surface area (Å²) in [6, 6.07) is 28.7. The summed E-state index contributed by atoms with van der Waals surface area (Å²) in [5.74, 6) is 0.540. The predicted molar refractivity (Wildman–Crippen MR) is 180 cm³/mol. The molecule has 10 heteroatoms. The van der Waals surface area contributed by atoms with Crippen LogP contribution in [0.3, 0.4) is 0 Å². The van der Waals surface area contributed by atoms with Gasteiger partial charge in [-0.05, 0) is 105 Å². The molecule has 0 aliphatic carbocycles. The van der Waals surface area contributed by atoms with Gasteiger partial charge in [-0.1, -0.05) is 54.1 Å². The number of aromatic nitrogens is 1. The fourth-order valence-electron chi connectivity index (χ4n) is 3.66. The van der Waals surface area contributed by atoms with Crippen molar-refractivity contribution >= 4 is 91.1 Å². The summed E-state index contributed by atoms with van der Waals surface area (Å²) in [7, 11) is 0. The minimum atomic E-state index is -0.293. The molecule has 4 aromatic carbocycles. The van der Waals surface area contributed by atoms with Crippen LogP contribution in [0.1, 0.15) is 21.5 Å². The zero-order valence-electron chi connectivity index (χ0n) is 20.8. The molecule has 5 aromatic rings. The highest BCUT2D eigenvalue weighted by Crippen LogP contribution is 2.30. The van der Waals surface area contributed by atoms with Crippen molar-refractivity contribution < 1.29 is 9.53 Å². The Bertz CT molecular complexity index is 1620. The number of hydrogen-bond acceptors (Lipinski definition) is 6. The molecule has 0 saturated carbocycles. The van der Waals surface area contributed by atoms with Crippen molar-refractivity contribution in [3.8, 4) is 17.0 Å². The van der Waals surface area contributed by atoms with Crippen LogP contribution in [0.2, 0.25) is 5.02 Å². The maximum Gasteiger partial charge on any atom is 0.271 e. The van der Waals surface area contributed by atoms with Gasteiger partial charge >= 0.3 is 0 Å². The van der Waals surface area contributed by atoms with Crippen LogP contribution in [0, 0.1) is 7.14 Å². The van der Waals surface area contributed by atoms with Crippen LogP contribution in [0.5, 0.6) is 5.75 Å². The third kappa shape index (κ3) is 7.59. The molecule has 0 aliphatic heterocycles. The van der Waals surface area contributed by atoms with Gasteiger partial charge in [0.1, 0.15) is 12.4 Å². The molecule has 2 N–H and O–H groups in total. The molecule has 0 spiro atoms. The minimum absolute atomic E-state index is 0.293. The normalized spacial score (nSPS) is 11.0. The number of amides is 1. The van der Waals surface area contributed by atoms with Crippen LogP contribution >= 0.6 is 68.1 Å². The summed E-state index contributed by atoms with van der Waals surface area (Å²) in [5, 5.41) is 10.9. The largest absolute Gasteiger partial charge is 0.487 e.